The molecule has 168 valence electrons. The minimum absolute atomic E-state index is 0.921. The van der Waals surface area contributed by atoms with E-state index in [2.05, 4.69) is 109 Å². The molecule has 0 atom stereocenters. The number of benzene rings is 6. The summed E-state index contributed by atoms with van der Waals surface area (Å²) in [5.74, 6) is 1.85. The lowest BCUT2D eigenvalue weighted by Gasteiger charge is -2.22. The molecule has 8 rings (SSSR count). The van der Waals surface area contributed by atoms with Crippen LogP contribution in [0.1, 0.15) is 0 Å². The molecule has 0 unspecified atom stereocenters. The van der Waals surface area contributed by atoms with E-state index >= 15 is 0 Å². The van der Waals surface area contributed by atoms with Crippen LogP contribution < -0.4 is 4.74 Å². The maximum Gasteiger partial charge on any atom is 0.135 e. The van der Waals surface area contributed by atoms with Crippen molar-refractivity contribution in [2.45, 2.75) is 0 Å². The zero-order valence-electron chi connectivity index (χ0n) is 19.4. The Morgan fingerprint density at radius 3 is 1.97 bits per heavy atom. The Balaban J connectivity index is 1.28. The van der Waals surface area contributed by atoms with E-state index < -0.39 is 0 Å². The zero-order chi connectivity index (χ0) is 23.6. The van der Waals surface area contributed by atoms with E-state index in [1.165, 1.54) is 58.8 Å². The zero-order valence-corrected chi connectivity index (χ0v) is 20.2. The topological polar surface area (TPSA) is 9.23 Å². The van der Waals surface area contributed by atoms with Crippen LogP contribution in [0.25, 0.3) is 64.3 Å². The SMILES string of the molecule is c1ccc2c(c1)Oc1ccc(-c3ccc(-c4cccc5sc6ccccc6c45)cc3)c3cccc-2c13. The van der Waals surface area contributed by atoms with E-state index in [4.69, 9.17) is 4.74 Å². The molecule has 6 aromatic carbocycles. The molecule has 1 aliphatic rings. The Morgan fingerprint density at radius 2 is 1.06 bits per heavy atom. The van der Waals surface area contributed by atoms with Gasteiger partial charge < -0.3 is 4.74 Å². The summed E-state index contributed by atoms with van der Waals surface area (Å²) < 4.78 is 8.96. The van der Waals surface area contributed by atoms with Gasteiger partial charge in [0.25, 0.3) is 0 Å². The van der Waals surface area contributed by atoms with Crippen LogP contribution in [0.2, 0.25) is 0 Å². The lowest BCUT2D eigenvalue weighted by molar-refractivity contribution is 0.487. The lowest BCUT2D eigenvalue weighted by Crippen LogP contribution is -1.97. The standard InChI is InChI=1S/C34H20OS/c1-3-12-29-25(7-1)27-11-5-10-26-23(19-20-30(35-29)33(26)27)21-15-17-22(18-16-21)24-9-6-14-32-34(24)28-8-2-4-13-31(28)36-32/h1-20H. The predicted molar refractivity (Wildman–Crippen MR) is 153 cm³/mol. The average molecular weight is 477 g/mol. The van der Waals surface area contributed by atoms with Crippen molar-refractivity contribution in [2.24, 2.45) is 0 Å². The number of hydrogen-bond donors (Lipinski definition) is 0. The van der Waals surface area contributed by atoms with Gasteiger partial charge in [-0.25, -0.2) is 0 Å². The average Bonchev–Trinajstić information content (AvgIpc) is 3.33. The molecule has 0 aliphatic carbocycles. The second-order valence-corrected chi connectivity index (χ2v) is 10.4. The van der Waals surface area contributed by atoms with Gasteiger partial charge in [-0.3, -0.25) is 0 Å². The van der Waals surface area contributed by atoms with Crippen molar-refractivity contribution in [3.05, 3.63) is 121 Å². The molecule has 7 aromatic rings. The molecule has 0 radical (unpaired) electrons. The Kier molecular flexibility index (Phi) is 4.16. The number of para-hydroxylation sites is 1. The monoisotopic (exact) mass is 476 g/mol. The molecule has 1 aromatic heterocycles. The molecule has 0 N–H and O–H groups in total. The summed E-state index contributed by atoms with van der Waals surface area (Å²) in [5.41, 5.74) is 7.36. The van der Waals surface area contributed by atoms with Crippen LogP contribution in [0, 0.1) is 0 Å². The van der Waals surface area contributed by atoms with Crippen molar-refractivity contribution < 1.29 is 4.74 Å². The normalized spacial score (nSPS) is 12.1. The molecular formula is C34H20OS. The van der Waals surface area contributed by atoms with Crippen molar-refractivity contribution >= 4 is 42.3 Å². The number of fused-ring (bicyclic) bond motifs is 5. The first-order valence-electron chi connectivity index (χ1n) is 12.2. The fourth-order valence-corrected chi connectivity index (χ4v) is 6.81. The molecule has 0 spiro atoms. The highest BCUT2D eigenvalue weighted by Crippen LogP contribution is 2.48. The van der Waals surface area contributed by atoms with E-state index in [0.717, 1.165) is 17.1 Å². The molecule has 0 saturated carbocycles. The number of rotatable bonds is 2. The summed E-state index contributed by atoms with van der Waals surface area (Å²) in [7, 11) is 0. The van der Waals surface area contributed by atoms with Gasteiger partial charge in [-0.15, -0.1) is 11.3 Å². The molecule has 1 nitrogen and oxygen atoms in total. The van der Waals surface area contributed by atoms with Crippen LogP contribution in [0.5, 0.6) is 11.5 Å². The summed E-state index contributed by atoms with van der Waals surface area (Å²) in [6.45, 7) is 0. The first kappa shape index (κ1) is 19.9. The molecule has 2 heterocycles. The highest BCUT2D eigenvalue weighted by atomic mass is 32.1. The Morgan fingerprint density at radius 1 is 0.389 bits per heavy atom. The maximum absolute atomic E-state index is 6.29. The van der Waals surface area contributed by atoms with Crippen molar-refractivity contribution in [3.63, 3.8) is 0 Å². The molecule has 0 bridgehead atoms. The van der Waals surface area contributed by atoms with Gasteiger partial charge in [0.1, 0.15) is 11.5 Å². The third-order valence-corrected chi connectivity index (χ3v) is 8.45. The van der Waals surface area contributed by atoms with Gasteiger partial charge in [0.15, 0.2) is 0 Å². The first-order chi connectivity index (χ1) is 17.8. The largest absolute Gasteiger partial charge is 0.456 e. The van der Waals surface area contributed by atoms with Gasteiger partial charge in [-0.2, -0.15) is 0 Å². The molecule has 36 heavy (non-hydrogen) atoms. The molecule has 0 saturated heterocycles. The predicted octanol–water partition coefficient (Wildman–Crippen LogP) is 10.3. The summed E-state index contributed by atoms with van der Waals surface area (Å²) in [6.07, 6.45) is 0. The smallest absolute Gasteiger partial charge is 0.135 e. The van der Waals surface area contributed by atoms with Gasteiger partial charge in [-0.1, -0.05) is 97.1 Å². The quantitative estimate of drug-likeness (QED) is 0.241. The Hall–Kier alpha value is -4.40. The van der Waals surface area contributed by atoms with Crippen molar-refractivity contribution in [2.75, 3.05) is 0 Å². The van der Waals surface area contributed by atoms with E-state index in [0.29, 0.717) is 0 Å². The van der Waals surface area contributed by atoms with Crippen LogP contribution in [-0.4, -0.2) is 0 Å². The Labute approximate surface area is 212 Å². The summed E-state index contributed by atoms with van der Waals surface area (Å²) in [6, 6.07) is 43.5. The molecule has 0 amide bonds. The fraction of sp³-hybridized carbons (Fsp3) is 0. The van der Waals surface area contributed by atoms with E-state index in [1.807, 2.05) is 23.5 Å². The van der Waals surface area contributed by atoms with E-state index in [-0.39, 0.29) is 0 Å². The summed E-state index contributed by atoms with van der Waals surface area (Å²) in [5, 5.41) is 5.09. The molecular weight excluding hydrogens is 456 g/mol. The lowest BCUT2D eigenvalue weighted by atomic mass is 9.90. The minimum Gasteiger partial charge on any atom is -0.456 e. The minimum atomic E-state index is 0.921. The van der Waals surface area contributed by atoms with Crippen molar-refractivity contribution in [1.29, 1.82) is 0 Å². The van der Waals surface area contributed by atoms with Crippen molar-refractivity contribution in [3.8, 4) is 44.9 Å². The summed E-state index contributed by atoms with van der Waals surface area (Å²) >= 11 is 1.87. The highest BCUT2D eigenvalue weighted by Gasteiger charge is 2.21. The van der Waals surface area contributed by atoms with Crippen molar-refractivity contribution in [1.82, 2.24) is 0 Å². The van der Waals surface area contributed by atoms with E-state index in [9.17, 15) is 0 Å². The van der Waals surface area contributed by atoms with Gasteiger partial charge in [0, 0.05) is 31.1 Å². The highest BCUT2D eigenvalue weighted by molar-refractivity contribution is 7.25. The van der Waals surface area contributed by atoms with Gasteiger partial charge >= 0.3 is 0 Å². The second-order valence-electron chi connectivity index (χ2n) is 9.29. The molecule has 2 heteroatoms. The third-order valence-electron chi connectivity index (χ3n) is 7.31. The van der Waals surface area contributed by atoms with Gasteiger partial charge in [0.05, 0.1) is 0 Å². The number of hydrogen-bond acceptors (Lipinski definition) is 2. The van der Waals surface area contributed by atoms with Crippen LogP contribution >= 0.6 is 11.3 Å². The van der Waals surface area contributed by atoms with Crippen LogP contribution in [-0.2, 0) is 0 Å². The van der Waals surface area contributed by atoms with Gasteiger partial charge in [-0.05, 0) is 57.5 Å². The number of thiophene rings is 1. The fourth-order valence-electron chi connectivity index (χ4n) is 5.68. The van der Waals surface area contributed by atoms with Crippen LogP contribution in [0.15, 0.2) is 121 Å². The van der Waals surface area contributed by atoms with Crippen LogP contribution in [0.3, 0.4) is 0 Å². The van der Waals surface area contributed by atoms with Gasteiger partial charge in [0.2, 0.25) is 0 Å². The maximum atomic E-state index is 6.29. The Bertz CT molecular complexity index is 1960. The number of ether oxygens (including phenoxy) is 1. The summed E-state index contributed by atoms with van der Waals surface area (Å²) in [4.78, 5) is 0. The molecule has 1 aliphatic heterocycles. The first-order valence-corrected chi connectivity index (χ1v) is 13.0. The third kappa shape index (κ3) is 2.82. The molecule has 0 fully saturated rings. The van der Waals surface area contributed by atoms with Crippen LogP contribution in [0.4, 0.5) is 0 Å². The second kappa shape index (κ2) is 7.55. The van der Waals surface area contributed by atoms with E-state index in [1.54, 1.807) is 0 Å².